The van der Waals surface area contributed by atoms with E-state index in [2.05, 4.69) is 6.92 Å². The number of hydrogen-bond acceptors (Lipinski definition) is 3. The minimum Gasteiger partial charge on any atom is -0.489 e. The molecule has 1 aromatic carbocycles. The van der Waals surface area contributed by atoms with E-state index in [-0.39, 0.29) is 0 Å². The van der Waals surface area contributed by atoms with Crippen LogP contribution in [0.5, 0.6) is 5.75 Å². The van der Waals surface area contributed by atoms with Gasteiger partial charge in [0.25, 0.3) is 0 Å². The van der Waals surface area contributed by atoms with Crippen LogP contribution in [0.2, 0.25) is 0 Å². The molecule has 4 N–H and O–H groups in total. The molecule has 0 aromatic heterocycles. The number of ether oxygens (including phenoxy) is 1. The molecular weight excluding hydrogens is 260 g/mol. The van der Waals surface area contributed by atoms with Crippen LogP contribution in [0.1, 0.15) is 71.1 Å². The summed E-state index contributed by atoms with van der Waals surface area (Å²) >= 11 is 0. The molecule has 0 aliphatic carbocycles. The van der Waals surface area contributed by atoms with Crippen LogP contribution in [0.25, 0.3) is 0 Å². The van der Waals surface area contributed by atoms with Gasteiger partial charge in [-0.2, -0.15) is 0 Å². The van der Waals surface area contributed by atoms with Gasteiger partial charge in [-0.1, -0.05) is 70.8 Å². The molecule has 21 heavy (non-hydrogen) atoms. The first kappa shape index (κ1) is 17.7. The lowest BCUT2D eigenvalue weighted by Crippen LogP contribution is -2.03. The van der Waals surface area contributed by atoms with Crippen LogP contribution in [0, 0.1) is 0 Å². The molecule has 0 fully saturated rings. The molecule has 3 heteroatoms. The Kier molecular flexibility index (Phi) is 9.51. The van der Waals surface area contributed by atoms with Crippen molar-refractivity contribution in [2.75, 3.05) is 18.1 Å². The van der Waals surface area contributed by atoms with Gasteiger partial charge in [-0.15, -0.1) is 0 Å². The van der Waals surface area contributed by atoms with Crippen LogP contribution in [0.3, 0.4) is 0 Å². The molecule has 0 bridgehead atoms. The van der Waals surface area contributed by atoms with E-state index in [0.717, 1.165) is 6.42 Å². The van der Waals surface area contributed by atoms with Gasteiger partial charge in [0, 0.05) is 0 Å². The van der Waals surface area contributed by atoms with Crippen molar-refractivity contribution in [1.82, 2.24) is 0 Å². The summed E-state index contributed by atoms with van der Waals surface area (Å²) in [6.07, 6.45) is 13.3. The maximum Gasteiger partial charge on any atom is 0.165 e. The maximum absolute atomic E-state index is 5.85. The quantitative estimate of drug-likeness (QED) is 0.413. The number of nitrogens with two attached hydrogens (primary N) is 2. The second-order valence-corrected chi connectivity index (χ2v) is 5.80. The third-order valence-corrected chi connectivity index (χ3v) is 3.82. The second-order valence-electron chi connectivity index (χ2n) is 5.80. The van der Waals surface area contributed by atoms with Crippen molar-refractivity contribution in [1.29, 1.82) is 0 Å². The van der Waals surface area contributed by atoms with E-state index in [9.17, 15) is 0 Å². The van der Waals surface area contributed by atoms with Gasteiger partial charge in [-0.05, 0) is 18.6 Å². The Labute approximate surface area is 130 Å². The first-order chi connectivity index (χ1) is 10.3. The molecule has 0 radical (unpaired) electrons. The Balaban J connectivity index is 1.95. The van der Waals surface area contributed by atoms with Crippen molar-refractivity contribution in [3.05, 3.63) is 18.2 Å². The van der Waals surface area contributed by atoms with Crippen LogP contribution in [0.15, 0.2) is 18.2 Å². The Morgan fingerprint density at radius 2 is 1.24 bits per heavy atom. The minimum absolute atomic E-state index is 0.627. The van der Waals surface area contributed by atoms with Gasteiger partial charge in [0.1, 0.15) is 0 Å². The molecule has 120 valence electrons. The first-order valence-corrected chi connectivity index (χ1v) is 8.52. The van der Waals surface area contributed by atoms with Gasteiger partial charge in [0.2, 0.25) is 0 Å². The van der Waals surface area contributed by atoms with Crippen molar-refractivity contribution >= 4 is 11.4 Å². The summed E-state index contributed by atoms with van der Waals surface area (Å²) in [6, 6.07) is 5.49. The minimum atomic E-state index is 0.627. The Bertz CT molecular complexity index is 359. The highest BCUT2D eigenvalue weighted by Crippen LogP contribution is 2.28. The van der Waals surface area contributed by atoms with Crippen molar-refractivity contribution in [3.8, 4) is 5.75 Å². The Hall–Kier alpha value is -1.38. The largest absolute Gasteiger partial charge is 0.489 e. The summed E-state index contributed by atoms with van der Waals surface area (Å²) in [5, 5.41) is 0. The molecule has 0 aliphatic rings. The number of hydrogen-bond donors (Lipinski definition) is 2. The van der Waals surface area contributed by atoms with Crippen LogP contribution < -0.4 is 16.2 Å². The number of rotatable bonds is 12. The first-order valence-electron chi connectivity index (χ1n) is 8.52. The predicted octanol–water partition coefficient (Wildman–Crippen LogP) is 5.15. The summed E-state index contributed by atoms with van der Waals surface area (Å²) in [7, 11) is 0. The normalized spacial score (nSPS) is 10.7. The van der Waals surface area contributed by atoms with Crippen LogP contribution in [-0.2, 0) is 0 Å². The van der Waals surface area contributed by atoms with Crippen LogP contribution >= 0.6 is 0 Å². The molecule has 0 atom stereocenters. The van der Waals surface area contributed by atoms with Crippen molar-refractivity contribution in [2.45, 2.75) is 71.1 Å². The zero-order valence-corrected chi connectivity index (χ0v) is 13.6. The molecule has 0 unspecified atom stereocenters. The van der Waals surface area contributed by atoms with Crippen LogP contribution in [-0.4, -0.2) is 6.61 Å². The molecular formula is C18H32N2O. The summed E-state index contributed by atoms with van der Waals surface area (Å²) in [5.41, 5.74) is 12.9. The van der Waals surface area contributed by atoms with Gasteiger partial charge < -0.3 is 16.2 Å². The molecule has 0 saturated carbocycles. The summed E-state index contributed by atoms with van der Waals surface area (Å²) in [6.45, 7) is 2.97. The van der Waals surface area contributed by atoms with E-state index in [1.165, 1.54) is 57.8 Å². The van der Waals surface area contributed by atoms with Crippen molar-refractivity contribution in [2.24, 2.45) is 0 Å². The monoisotopic (exact) mass is 292 g/mol. The number of unbranched alkanes of at least 4 members (excludes halogenated alkanes) is 9. The van der Waals surface area contributed by atoms with Gasteiger partial charge in [0.05, 0.1) is 18.0 Å². The maximum atomic E-state index is 5.85. The van der Waals surface area contributed by atoms with Gasteiger partial charge >= 0.3 is 0 Å². The standard InChI is InChI=1S/C18H32N2O/c1-2-3-4-5-6-7-8-9-10-11-15-21-18-16(19)13-12-14-17(18)20/h12-14H,2-11,15,19-20H2,1H3. The molecule has 0 spiro atoms. The molecule has 0 amide bonds. The van der Waals surface area contributed by atoms with Crippen molar-refractivity contribution in [3.63, 3.8) is 0 Å². The Morgan fingerprint density at radius 1 is 0.762 bits per heavy atom. The smallest absolute Gasteiger partial charge is 0.165 e. The number of para-hydroxylation sites is 1. The summed E-state index contributed by atoms with van der Waals surface area (Å²) in [5.74, 6) is 0.647. The molecule has 3 nitrogen and oxygen atoms in total. The fraction of sp³-hybridized carbons (Fsp3) is 0.667. The predicted molar refractivity (Wildman–Crippen MR) is 92.6 cm³/mol. The number of nitrogen functional groups attached to an aromatic ring is 2. The average molecular weight is 292 g/mol. The number of anilines is 2. The zero-order valence-electron chi connectivity index (χ0n) is 13.6. The molecule has 1 rings (SSSR count). The van der Waals surface area contributed by atoms with E-state index in [1.54, 1.807) is 0 Å². The van der Waals surface area contributed by atoms with Gasteiger partial charge in [-0.3, -0.25) is 0 Å². The highest BCUT2D eigenvalue weighted by molar-refractivity contribution is 5.66. The lowest BCUT2D eigenvalue weighted by molar-refractivity contribution is 0.307. The highest BCUT2D eigenvalue weighted by Gasteiger charge is 2.03. The SMILES string of the molecule is CCCCCCCCCCCCOc1c(N)cccc1N. The van der Waals surface area contributed by atoms with E-state index in [1.807, 2.05) is 18.2 Å². The van der Waals surface area contributed by atoms with Crippen molar-refractivity contribution < 1.29 is 4.74 Å². The highest BCUT2D eigenvalue weighted by atomic mass is 16.5. The zero-order chi connectivity index (χ0) is 15.3. The number of benzene rings is 1. The van der Waals surface area contributed by atoms with Gasteiger partial charge in [0.15, 0.2) is 5.75 Å². The lowest BCUT2D eigenvalue weighted by Gasteiger charge is -2.11. The average Bonchev–Trinajstić information content (AvgIpc) is 2.47. The van der Waals surface area contributed by atoms with E-state index >= 15 is 0 Å². The summed E-state index contributed by atoms with van der Waals surface area (Å²) in [4.78, 5) is 0. The summed E-state index contributed by atoms with van der Waals surface area (Å²) < 4.78 is 5.69. The van der Waals surface area contributed by atoms with E-state index in [0.29, 0.717) is 23.7 Å². The van der Waals surface area contributed by atoms with E-state index < -0.39 is 0 Å². The fourth-order valence-electron chi connectivity index (χ4n) is 2.50. The molecule has 0 aliphatic heterocycles. The topological polar surface area (TPSA) is 61.3 Å². The van der Waals surface area contributed by atoms with E-state index in [4.69, 9.17) is 16.2 Å². The Morgan fingerprint density at radius 3 is 1.76 bits per heavy atom. The second kappa shape index (κ2) is 11.3. The molecule has 1 aromatic rings. The molecule has 0 heterocycles. The van der Waals surface area contributed by atoms with Gasteiger partial charge in [-0.25, -0.2) is 0 Å². The third-order valence-electron chi connectivity index (χ3n) is 3.82. The third kappa shape index (κ3) is 7.84. The lowest BCUT2D eigenvalue weighted by atomic mass is 10.1. The van der Waals surface area contributed by atoms with Crippen LogP contribution in [0.4, 0.5) is 11.4 Å². The fourth-order valence-corrected chi connectivity index (χ4v) is 2.50. The molecule has 0 saturated heterocycles.